The number of benzene rings is 2. The maximum atomic E-state index is 14.9. The van der Waals surface area contributed by atoms with Gasteiger partial charge in [0.1, 0.15) is 11.9 Å². The highest BCUT2D eigenvalue weighted by molar-refractivity contribution is 5.84. The van der Waals surface area contributed by atoms with E-state index in [4.69, 9.17) is 9.15 Å². The minimum Gasteiger partial charge on any atom is -0.408 e. The third-order valence-electron chi connectivity index (χ3n) is 5.78. The average molecular weight is 437 g/mol. The van der Waals surface area contributed by atoms with E-state index in [-0.39, 0.29) is 18.6 Å². The Bertz CT molecular complexity index is 1230. The topological polar surface area (TPSA) is 97.3 Å². The van der Waals surface area contributed by atoms with Crippen molar-refractivity contribution in [3.63, 3.8) is 0 Å². The molecular weight excluding hydrogens is 413 g/mol. The first-order valence-corrected chi connectivity index (χ1v) is 10.6. The van der Waals surface area contributed by atoms with Crippen molar-refractivity contribution in [1.29, 1.82) is 5.26 Å². The lowest BCUT2D eigenvalue weighted by Crippen LogP contribution is -2.34. The van der Waals surface area contributed by atoms with Crippen LogP contribution in [0.25, 0.3) is 22.2 Å². The quantitative estimate of drug-likeness (QED) is 0.637. The second-order valence-corrected chi connectivity index (χ2v) is 8.03. The van der Waals surface area contributed by atoms with E-state index in [0.717, 1.165) is 18.5 Å². The monoisotopic (exact) mass is 437 g/mol. The third-order valence-corrected chi connectivity index (χ3v) is 5.78. The van der Waals surface area contributed by atoms with Gasteiger partial charge in [-0.05, 0) is 54.3 Å². The van der Waals surface area contributed by atoms with Crippen LogP contribution in [0.15, 0.2) is 45.6 Å². The summed E-state index contributed by atoms with van der Waals surface area (Å²) in [6, 6.07) is 12.2. The van der Waals surface area contributed by atoms with Gasteiger partial charge in [-0.1, -0.05) is 18.2 Å². The van der Waals surface area contributed by atoms with Crippen LogP contribution < -0.4 is 11.1 Å². The first-order chi connectivity index (χ1) is 15.5. The van der Waals surface area contributed by atoms with E-state index in [0.29, 0.717) is 35.4 Å². The Balaban J connectivity index is 1.49. The summed E-state index contributed by atoms with van der Waals surface area (Å²) in [5.74, 6) is -1.67. The van der Waals surface area contributed by atoms with Crippen LogP contribution in [-0.2, 0) is 23.0 Å². The molecule has 7 nitrogen and oxygen atoms in total. The molecule has 1 aliphatic rings. The number of nitriles is 1. The van der Waals surface area contributed by atoms with E-state index < -0.39 is 23.6 Å². The second-order valence-electron chi connectivity index (χ2n) is 8.03. The summed E-state index contributed by atoms with van der Waals surface area (Å²) in [5.41, 5.74) is 2.85. The molecule has 0 amide bonds. The number of ketones is 1. The predicted octanol–water partition coefficient (Wildman–Crippen LogP) is 2.96. The molecule has 4 rings (SSSR count). The first-order valence-electron chi connectivity index (χ1n) is 10.6. The van der Waals surface area contributed by atoms with Crippen LogP contribution in [0.2, 0.25) is 0 Å². The van der Waals surface area contributed by atoms with Crippen molar-refractivity contribution in [3.8, 4) is 17.2 Å². The Morgan fingerprint density at radius 2 is 2.09 bits per heavy atom. The number of halogens is 1. The number of carbonyl (C=O) groups is 1. The maximum Gasteiger partial charge on any atom is 0.419 e. The fraction of sp³-hybridized carbons (Fsp3) is 0.375. The van der Waals surface area contributed by atoms with Crippen LogP contribution >= 0.6 is 0 Å². The van der Waals surface area contributed by atoms with Crippen LogP contribution in [0, 0.1) is 23.1 Å². The number of aryl methyl sites for hydroxylation is 1. The van der Waals surface area contributed by atoms with Crippen molar-refractivity contribution in [2.24, 2.45) is 13.0 Å². The van der Waals surface area contributed by atoms with Crippen molar-refractivity contribution in [1.82, 2.24) is 9.88 Å². The number of oxazole rings is 1. The molecule has 166 valence electrons. The van der Waals surface area contributed by atoms with Gasteiger partial charge in [-0.3, -0.25) is 9.36 Å². The van der Waals surface area contributed by atoms with Gasteiger partial charge in [0.15, 0.2) is 11.4 Å². The van der Waals surface area contributed by atoms with Crippen molar-refractivity contribution in [2.75, 3.05) is 19.7 Å². The molecule has 1 aromatic heterocycles. The van der Waals surface area contributed by atoms with E-state index in [1.54, 1.807) is 37.4 Å². The smallest absolute Gasteiger partial charge is 0.408 e. The molecule has 3 aromatic rings. The SMILES string of the molecule is Cn1c(=O)oc2ccc(-c3ccc(C[C@@H](C#N)CC(=O)[C@@H]4CNCCCO4)c(F)c3)cc21. The number of rotatable bonds is 6. The van der Waals surface area contributed by atoms with E-state index >= 15 is 0 Å². The van der Waals surface area contributed by atoms with Gasteiger partial charge in [-0.25, -0.2) is 9.18 Å². The molecule has 2 heterocycles. The molecule has 2 atom stereocenters. The third kappa shape index (κ3) is 4.64. The standard InChI is InChI=1S/C24H24FN3O4/c1-28-20-12-17(5-6-22(20)32-24(28)30)16-3-4-18(19(25)11-16)9-15(13-26)10-21(29)23-14-27-7-2-8-31-23/h3-6,11-12,15,23,27H,2,7-10,14H2,1H3/t15-,23+/m1/s1. The Hall–Kier alpha value is -3.28. The van der Waals surface area contributed by atoms with Gasteiger partial charge >= 0.3 is 5.76 Å². The highest BCUT2D eigenvalue weighted by atomic mass is 19.1. The van der Waals surface area contributed by atoms with Gasteiger partial charge < -0.3 is 14.5 Å². The number of carbonyl (C=O) groups excluding carboxylic acids is 1. The van der Waals surface area contributed by atoms with E-state index in [2.05, 4.69) is 11.4 Å². The average Bonchev–Trinajstić information content (AvgIpc) is 2.97. The number of Topliss-reactive ketones (excluding diaryl/α,β-unsaturated/α-hetero) is 1. The van der Waals surface area contributed by atoms with Crippen LogP contribution in [0.5, 0.6) is 0 Å². The highest BCUT2D eigenvalue weighted by Gasteiger charge is 2.24. The minimum absolute atomic E-state index is 0.0230. The fourth-order valence-corrected chi connectivity index (χ4v) is 3.92. The molecule has 32 heavy (non-hydrogen) atoms. The molecule has 1 N–H and O–H groups in total. The van der Waals surface area contributed by atoms with Crippen LogP contribution in [0.1, 0.15) is 18.4 Å². The lowest BCUT2D eigenvalue weighted by molar-refractivity contribution is -0.130. The van der Waals surface area contributed by atoms with Crippen molar-refractivity contribution < 1.29 is 18.3 Å². The van der Waals surface area contributed by atoms with E-state index in [1.165, 1.54) is 10.6 Å². The molecule has 0 saturated carbocycles. The Morgan fingerprint density at radius 1 is 1.31 bits per heavy atom. The summed E-state index contributed by atoms with van der Waals surface area (Å²) in [6.07, 6.45) is 0.445. The van der Waals surface area contributed by atoms with Crippen LogP contribution in [0.4, 0.5) is 4.39 Å². The molecule has 1 aliphatic heterocycles. The highest BCUT2D eigenvalue weighted by Crippen LogP contribution is 2.27. The molecule has 0 unspecified atom stereocenters. The van der Waals surface area contributed by atoms with Crippen molar-refractivity contribution >= 4 is 16.9 Å². The summed E-state index contributed by atoms with van der Waals surface area (Å²) in [5, 5.41) is 12.7. The summed E-state index contributed by atoms with van der Waals surface area (Å²) < 4.78 is 27.0. The van der Waals surface area contributed by atoms with Crippen LogP contribution in [-0.4, -0.2) is 36.2 Å². The maximum absolute atomic E-state index is 14.9. The Morgan fingerprint density at radius 3 is 2.88 bits per heavy atom. The lowest BCUT2D eigenvalue weighted by Gasteiger charge is -2.16. The predicted molar refractivity (Wildman–Crippen MR) is 117 cm³/mol. The zero-order chi connectivity index (χ0) is 22.7. The van der Waals surface area contributed by atoms with Crippen LogP contribution in [0.3, 0.4) is 0 Å². The van der Waals surface area contributed by atoms with E-state index in [9.17, 15) is 19.2 Å². The molecule has 2 aromatic carbocycles. The number of fused-ring (bicyclic) bond motifs is 1. The van der Waals surface area contributed by atoms with Gasteiger partial charge in [0, 0.05) is 26.6 Å². The summed E-state index contributed by atoms with van der Waals surface area (Å²) in [4.78, 5) is 24.2. The second kappa shape index (κ2) is 9.47. The number of aromatic nitrogens is 1. The zero-order valence-electron chi connectivity index (χ0n) is 17.8. The van der Waals surface area contributed by atoms with Crippen molar-refractivity contribution in [3.05, 3.63) is 58.3 Å². The van der Waals surface area contributed by atoms with Gasteiger partial charge in [-0.2, -0.15) is 5.26 Å². The number of nitrogens with zero attached hydrogens (tertiary/aromatic N) is 2. The molecule has 0 aliphatic carbocycles. The minimum atomic E-state index is -0.633. The van der Waals surface area contributed by atoms with Gasteiger partial charge in [0.25, 0.3) is 0 Å². The summed E-state index contributed by atoms with van der Waals surface area (Å²) in [7, 11) is 1.61. The summed E-state index contributed by atoms with van der Waals surface area (Å²) >= 11 is 0. The number of nitrogens with one attached hydrogen (secondary N) is 1. The molecule has 1 saturated heterocycles. The van der Waals surface area contributed by atoms with Gasteiger partial charge in [0.05, 0.1) is 17.5 Å². The fourth-order valence-electron chi connectivity index (χ4n) is 3.92. The molecule has 0 radical (unpaired) electrons. The zero-order valence-corrected chi connectivity index (χ0v) is 17.8. The molecular formula is C24H24FN3O4. The largest absolute Gasteiger partial charge is 0.419 e. The number of hydrogen-bond acceptors (Lipinski definition) is 6. The molecule has 0 spiro atoms. The molecule has 8 heteroatoms. The Labute approximate surface area is 184 Å². The molecule has 1 fully saturated rings. The van der Waals surface area contributed by atoms with Crippen molar-refractivity contribution in [2.45, 2.75) is 25.4 Å². The Kier molecular flexibility index (Phi) is 6.49. The van der Waals surface area contributed by atoms with Gasteiger partial charge in [0.2, 0.25) is 0 Å². The molecule has 0 bridgehead atoms. The van der Waals surface area contributed by atoms with Gasteiger partial charge in [-0.15, -0.1) is 0 Å². The number of ether oxygens (including phenoxy) is 1. The number of hydrogen-bond donors (Lipinski definition) is 1. The first kappa shape index (κ1) is 21.9. The van der Waals surface area contributed by atoms with E-state index in [1.807, 2.05) is 0 Å². The normalized spacial score (nSPS) is 17.6. The summed E-state index contributed by atoms with van der Waals surface area (Å²) in [6.45, 7) is 1.75. The lowest BCUT2D eigenvalue weighted by atomic mass is 9.92.